The second kappa shape index (κ2) is 9.50. The lowest BCUT2D eigenvalue weighted by Crippen LogP contribution is -2.25. The lowest BCUT2D eigenvalue weighted by atomic mass is 10.1. The number of Topliss-reactive ketones (excluding diaryl/α,β-unsaturated/α-hetero) is 1. The number of ketones is 1. The van der Waals surface area contributed by atoms with Gasteiger partial charge in [-0.05, 0) is 44.5 Å². The van der Waals surface area contributed by atoms with Gasteiger partial charge < -0.3 is 14.2 Å². The molecule has 1 rings (SSSR count). The SMILES string of the molecule is CCCC(=O)c1ccc(OCC(OCC)OCC)cc1. The number of carbonyl (C=O) groups is 1. The van der Waals surface area contributed by atoms with Gasteiger partial charge in [0.25, 0.3) is 0 Å². The van der Waals surface area contributed by atoms with Gasteiger partial charge in [-0.2, -0.15) is 0 Å². The zero-order chi connectivity index (χ0) is 14.8. The Kier molecular flexibility index (Phi) is 7.92. The van der Waals surface area contributed by atoms with Crippen LogP contribution >= 0.6 is 0 Å². The Morgan fingerprint density at radius 2 is 1.65 bits per heavy atom. The van der Waals surface area contributed by atoms with E-state index in [9.17, 15) is 4.79 Å². The van der Waals surface area contributed by atoms with Crippen LogP contribution in [-0.4, -0.2) is 31.9 Å². The van der Waals surface area contributed by atoms with E-state index in [1.807, 2.05) is 20.8 Å². The zero-order valence-electron chi connectivity index (χ0n) is 12.6. The van der Waals surface area contributed by atoms with Crippen molar-refractivity contribution >= 4 is 5.78 Å². The Hall–Kier alpha value is -1.39. The molecule has 20 heavy (non-hydrogen) atoms. The molecule has 1 aromatic carbocycles. The van der Waals surface area contributed by atoms with Crippen LogP contribution in [0.3, 0.4) is 0 Å². The van der Waals surface area contributed by atoms with Crippen molar-refractivity contribution in [2.75, 3.05) is 19.8 Å². The van der Waals surface area contributed by atoms with E-state index in [1.165, 1.54) is 0 Å². The summed E-state index contributed by atoms with van der Waals surface area (Å²) in [7, 11) is 0. The predicted octanol–water partition coefficient (Wildman–Crippen LogP) is 3.45. The maximum atomic E-state index is 11.7. The van der Waals surface area contributed by atoms with Crippen molar-refractivity contribution < 1.29 is 19.0 Å². The Morgan fingerprint density at radius 1 is 1.05 bits per heavy atom. The van der Waals surface area contributed by atoms with E-state index in [0.717, 1.165) is 12.0 Å². The van der Waals surface area contributed by atoms with E-state index >= 15 is 0 Å². The summed E-state index contributed by atoms with van der Waals surface area (Å²) in [5, 5.41) is 0. The quantitative estimate of drug-likeness (QED) is 0.486. The third-order valence-corrected chi connectivity index (χ3v) is 2.74. The van der Waals surface area contributed by atoms with Gasteiger partial charge in [-0.3, -0.25) is 4.79 Å². The van der Waals surface area contributed by atoms with Gasteiger partial charge in [-0.25, -0.2) is 0 Å². The summed E-state index contributed by atoms with van der Waals surface area (Å²) in [6, 6.07) is 7.20. The molecule has 4 heteroatoms. The number of rotatable bonds is 10. The van der Waals surface area contributed by atoms with Gasteiger partial charge in [0.1, 0.15) is 12.4 Å². The molecular formula is C16H24O4. The highest BCUT2D eigenvalue weighted by molar-refractivity contribution is 5.96. The first-order chi connectivity index (χ1) is 9.71. The highest BCUT2D eigenvalue weighted by atomic mass is 16.7. The smallest absolute Gasteiger partial charge is 0.191 e. The average Bonchev–Trinajstić information content (AvgIpc) is 2.46. The summed E-state index contributed by atoms with van der Waals surface area (Å²) in [4.78, 5) is 11.7. The molecule has 0 aliphatic carbocycles. The molecule has 112 valence electrons. The molecule has 0 heterocycles. The Bertz CT molecular complexity index is 380. The van der Waals surface area contributed by atoms with E-state index in [-0.39, 0.29) is 12.1 Å². The molecule has 0 amide bonds. The molecule has 0 fully saturated rings. The fraction of sp³-hybridized carbons (Fsp3) is 0.562. The van der Waals surface area contributed by atoms with Crippen LogP contribution in [-0.2, 0) is 9.47 Å². The zero-order valence-corrected chi connectivity index (χ0v) is 12.6. The Labute approximate surface area is 121 Å². The normalized spacial score (nSPS) is 10.8. The fourth-order valence-electron chi connectivity index (χ4n) is 1.79. The second-order valence-electron chi connectivity index (χ2n) is 4.35. The average molecular weight is 280 g/mol. The molecule has 0 unspecified atom stereocenters. The number of hydrogen-bond donors (Lipinski definition) is 0. The molecule has 0 bridgehead atoms. The molecule has 4 nitrogen and oxygen atoms in total. The van der Waals surface area contributed by atoms with E-state index in [1.54, 1.807) is 24.3 Å². The molecular weight excluding hydrogens is 256 g/mol. The topological polar surface area (TPSA) is 44.8 Å². The largest absolute Gasteiger partial charge is 0.488 e. The lowest BCUT2D eigenvalue weighted by Gasteiger charge is -2.17. The predicted molar refractivity (Wildman–Crippen MR) is 78.2 cm³/mol. The van der Waals surface area contributed by atoms with Gasteiger partial charge >= 0.3 is 0 Å². The van der Waals surface area contributed by atoms with E-state index < -0.39 is 0 Å². The lowest BCUT2D eigenvalue weighted by molar-refractivity contribution is -0.152. The Balaban J connectivity index is 2.50. The number of hydrogen-bond acceptors (Lipinski definition) is 4. The number of carbonyl (C=O) groups excluding carboxylic acids is 1. The molecule has 0 spiro atoms. The van der Waals surface area contributed by atoms with Crippen molar-refractivity contribution in [3.63, 3.8) is 0 Å². The molecule has 0 N–H and O–H groups in total. The Morgan fingerprint density at radius 3 is 2.15 bits per heavy atom. The van der Waals surface area contributed by atoms with Gasteiger partial charge in [0.15, 0.2) is 12.1 Å². The first kappa shape index (κ1) is 16.7. The molecule has 0 aliphatic heterocycles. The van der Waals surface area contributed by atoms with Crippen LogP contribution in [0.5, 0.6) is 5.75 Å². The number of benzene rings is 1. The van der Waals surface area contributed by atoms with Crippen LogP contribution in [0.15, 0.2) is 24.3 Å². The monoisotopic (exact) mass is 280 g/mol. The summed E-state index contributed by atoms with van der Waals surface area (Å²) >= 11 is 0. The van der Waals surface area contributed by atoms with Crippen LogP contribution in [0.1, 0.15) is 44.0 Å². The van der Waals surface area contributed by atoms with Crippen LogP contribution in [0.4, 0.5) is 0 Å². The standard InChI is InChI=1S/C16H24O4/c1-4-7-15(17)13-8-10-14(11-9-13)20-12-16(18-5-2)19-6-3/h8-11,16H,4-7,12H2,1-3H3. The van der Waals surface area contributed by atoms with Gasteiger partial charge in [0.05, 0.1) is 0 Å². The molecule has 0 aliphatic rings. The first-order valence-electron chi connectivity index (χ1n) is 7.20. The minimum atomic E-state index is -0.355. The van der Waals surface area contributed by atoms with Crippen LogP contribution < -0.4 is 4.74 Å². The maximum Gasteiger partial charge on any atom is 0.191 e. The van der Waals surface area contributed by atoms with E-state index in [4.69, 9.17) is 14.2 Å². The molecule has 0 saturated carbocycles. The summed E-state index contributed by atoms with van der Waals surface area (Å²) in [6.45, 7) is 7.33. The van der Waals surface area contributed by atoms with Crippen LogP contribution in [0.2, 0.25) is 0 Å². The van der Waals surface area contributed by atoms with Gasteiger partial charge in [0.2, 0.25) is 0 Å². The highest BCUT2D eigenvalue weighted by Gasteiger charge is 2.09. The molecule has 0 saturated heterocycles. The molecule has 0 aromatic heterocycles. The van der Waals surface area contributed by atoms with Gasteiger partial charge in [0, 0.05) is 25.2 Å². The van der Waals surface area contributed by atoms with Crippen molar-refractivity contribution in [3.8, 4) is 5.75 Å². The summed E-state index contributed by atoms with van der Waals surface area (Å²) in [5.74, 6) is 0.878. The van der Waals surface area contributed by atoms with Crippen molar-refractivity contribution in [3.05, 3.63) is 29.8 Å². The summed E-state index contributed by atoms with van der Waals surface area (Å²) < 4.78 is 16.4. The second-order valence-corrected chi connectivity index (χ2v) is 4.35. The highest BCUT2D eigenvalue weighted by Crippen LogP contribution is 2.14. The van der Waals surface area contributed by atoms with Gasteiger partial charge in [-0.15, -0.1) is 0 Å². The minimum Gasteiger partial charge on any atom is -0.488 e. The summed E-state index contributed by atoms with van der Waals surface area (Å²) in [6.07, 6.45) is 1.09. The molecule has 0 radical (unpaired) electrons. The first-order valence-corrected chi connectivity index (χ1v) is 7.20. The third kappa shape index (κ3) is 5.72. The van der Waals surface area contributed by atoms with E-state index in [2.05, 4.69) is 0 Å². The molecule has 1 aromatic rings. The van der Waals surface area contributed by atoms with Crippen molar-refractivity contribution in [1.82, 2.24) is 0 Å². The molecule has 0 atom stereocenters. The minimum absolute atomic E-state index is 0.167. The summed E-state index contributed by atoms with van der Waals surface area (Å²) in [5.41, 5.74) is 0.727. The third-order valence-electron chi connectivity index (χ3n) is 2.74. The van der Waals surface area contributed by atoms with Gasteiger partial charge in [-0.1, -0.05) is 6.92 Å². The van der Waals surface area contributed by atoms with Crippen molar-refractivity contribution in [1.29, 1.82) is 0 Å². The maximum absolute atomic E-state index is 11.7. The van der Waals surface area contributed by atoms with Crippen LogP contribution in [0, 0.1) is 0 Å². The van der Waals surface area contributed by atoms with Crippen molar-refractivity contribution in [2.24, 2.45) is 0 Å². The van der Waals surface area contributed by atoms with E-state index in [0.29, 0.717) is 32.0 Å². The van der Waals surface area contributed by atoms with Crippen molar-refractivity contribution in [2.45, 2.75) is 39.9 Å². The number of ether oxygens (including phenoxy) is 3. The van der Waals surface area contributed by atoms with Crippen LogP contribution in [0.25, 0.3) is 0 Å². The fourth-order valence-corrected chi connectivity index (χ4v) is 1.79.